The Labute approximate surface area is 114 Å². The van der Waals surface area contributed by atoms with Crippen LogP contribution in [0, 0.1) is 5.92 Å². The summed E-state index contributed by atoms with van der Waals surface area (Å²) in [6, 6.07) is 2.80. The zero-order valence-corrected chi connectivity index (χ0v) is 10.8. The van der Waals surface area contributed by atoms with Gasteiger partial charge in [-0.2, -0.15) is 0 Å². The molecule has 2 rings (SSSR count). The lowest BCUT2D eigenvalue weighted by Crippen LogP contribution is -2.34. The highest BCUT2D eigenvalue weighted by molar-refractivity contribution is 5.93. The molecule has 7 heteroatoms. The lowest BCUT2D eigenvalue weighted by Gasteiger charge is -2.14. The molecule has 1 amide bonds. The number of rotatable bonds is 5. The van der Waals surface area contributed by atoms with E-state index in [1.54, 1.807) is 0 Å². The Morgan fingerprint density at radius 2 is 2.20 bits per heavy atom. The van der Waals surface area contributed by atoms with Crippen molar-refractivity contribution in [3.63, 3.8) is 0 Å². The summed E-state index contributed by atoms with van der Waals surface area (Å²) in [4.78, 5) is 22.9. The summed E-state index contributed by atoms with van der Waals surface area (Å²) in [7, 11) is 0. The van der Waals surface area contributed by atoms with E-state index in [1.807, 2.05) is 0 Å². The highest BCUT2D eigenvalue weighted by atomic mass is 19.3. The Morgan fingerprint density at radius 1 is 1.45 bits per heavy atom. The van der Waals surface area contributed by atoms with Gasteiger partial charge in [0.15, 0.2) is 0 Å². The van der Waals surface area contributed by atoms with Crippen molar-refractivity contribution in [1.29, 1.82) is 0 Å². The van der Waals surface area contributed by atoms with Crippen LogP contribution in [0.1, 0.15) is 29.8 Å². The molecular weight excluding hydrogens is 270 g/mol. The first-order chi connectivity index (χ1) is 9.47. The second-order valence-electron chi connectivity index (χ2n) is 4.96. The molecule has 110 valence electrons. The third-order valence-electron chi connectivity index (χ3n) is 3.51. The van der Waals surface area contributed by atoms with E-state index in [1.165, 1.54) is 22.9 Å². The first-order valence-corrected chi connectivity index (χ1v) is 6.44. The second kappa shape index (κ2) is 6.02. The molecule has 1 heterocycles. The molecule has 2 atom stereocenters. The number of carbonyl (C=O) groups is 2. The lowest BCUT2D eigenvalue weighted by atomic mass is 10.1. The fourth-order valence-corrected chi connectivity index (χ4v) is 2.52. The molecular formula is C13H16F2N2O3. The molecule has 0 unspecified atom stereocenters. The first kappa shape index (κ1) is 14.5. The van der Waals surface area contributed by atoms with Crippen LogP contribution in [0.4, 0.5) is 8.78 Å². The number of nitrogens with zero attached hydrogens (tertiary/aromatic N) is 1. The summed E-state index contributed by atoms with van der Waals surface area (Å²) in [6.07, 6.45) is 0.403. The summed E-state index contributed by atoms with van der Waals surface area (Å²) in [5.74, 6) is -1.73. The highest BCUT2D eigenvalue weighted by Crippen LogP contribution is 2.25. The lowest BCUT2D eigenvalue weighted by molar-refractivity contribution is -0.141. The van der Waals surface area contributed by atoms with E-state index in [0.717, 1.165) is 0 Å². The third-order valence-corrected chi connectivity index (χ3v) is 3.51. The van der Waals surface area contributed by atoms with E-state index in [2.05, 4.69) is 5.32 Å². The highest BCUT2D eigenvalue weighted by Gasteiger charge is 2.31. The van der Waals surface area contributed by atoms with Crippen molar-refractivity contribution in [1.82, 2.24) is 9.88 Å². The van der Waals surface area contributed by atoms with Gasteiger partial charge < -0.3 is 15.0 Å². The predicted octanol–water partition coefficient (Wildman–Crippen LogP) is 1.74. The zero-order valence-electron chi connectivity index (χ0n) is 10.8. The average molecular weight is 286 g/mol. The molecule has 1 aromatic rings. The topological polar surface area (TPSA) is 71.3 Å². The van der Waals surface area contributed by atoms with Gasteiger partial charge in [-0.25, -0.2) is 8.78 Å². The van der Waals surface area contributed by atoms with Crippen molar-refractivity contribution >= 4 is 11.9 Å². The van der Waals surface area contributed by atoms with E-state index in [4.69, 9.17) is 5.11 Å². The van der Waals surface area contributed by atoms with Crippen molar-refractivity contribution in [2.45, 2.75) is 38.3 Å². The van der Waals surface area contributed by atoms with Gasteiger partial charge in [-0.15, -0.1) is 0 Å². The van der Waals surface area contributed by atoms with Gasteiger partial charge in [0.25, 0.3) is 12.3 Å². The van der Waals surface area contributed by atoms with Crippen molar-refractivity contribution in [2.24, 2.45) is 5.92 Å². The minimum atomic E-state index is -2.53. The number of alkyl halides is 2. The molecule has 1 aromatic heterocycles. The Bertz CT molecular complexity index is 502. The smallest absolute Gasteiger partial charge is 0.306 e. The Balaban J connectivity index is 1.96. The maximum absolute atomic E-state index is 12.4. The number of aliphatic carboxylic acids is 1. The van der Waals surface area contributed by atoms with Gasteiger partial charge in [-0.3, -0.25) is 9.59 Å². The van der Waals surface area contributed by atoms with E-state index in [0.29, 0.717) is 19.3 Å². The van der Waals surface area contributed by atoms with Crippen molar-refractivity contribution in [2.75, 3.05) is 0 Å². The van der Waals surface area contributed by atoms with Gasteiger partial charge in [0.2, 0.25) is 0 Å². The van der Waals surface area contributed by atoms with Crippen LogP contribution in [0.25, 0.3) is 0 Å². The van der Waals surface area contributed by atoms with Gasteiger partial charge in [-0.1, -0.05) is 0 Å². The van der Waals surface area contributed by atoms with Crippen LogP contribution in [0.3, 0.4) is 0 Å². The summed E-state index contributed by atoms with van der Waals surface area (Å²) >= 11 is 0. The molecule has 0 radical (unpaired) electrons. The van der Waals surface area contributed by atoms with Crippen LogP contribution in [0.15, 0.2) is 18.3 Å². The van der Waals surface area contributed by atoms with Crippen LogP contribution in [-0.2, 0) is 11.3 Å². The first-order valence-electron chi connectivity index (χ1n) is 6.44. The molecule has 1 saturated carbocycles. The second-order valence-corrected chi connectivity index (χ2v) is 4.96. The Hall–Kier alpha value is -1.92. The monoisotopic (exact) mass is 286 g/mol. The molecule has 0 saturated heterocycles. The number of carboxylic acid groups (broad SMARTS) is 1. The number of nitrogens with one attached hydrogen (secondary N) is 1. The summed E-state index contributed by atoms with van der Waals surface area (Å²) in [5, 5.41) is 11.6. The van der Waals surface area contributed by atoms with Crippen molar-refractivity contribution in [3.8, 4) is 0 Å². The normalized spacial score (nSPS) is 22.1. The number of amides is 1. The van der Waals surface area contributed by atoms with Crippen LogP contribution >= 0.6 is 0 Å². The standard InChI is InChI=1S/C13H16F2N2O3/c14-11(15)7-17-5-1-2-10(17)12(18)16-9-4-3-8(6-9)13(19)20/h1-2,5,8-9,11H,3-4,6-7H2,(H,16,18)(H,19,20)/t8-,9+/m1/s1. The largest absolute Gasteiger partial charge is 0.481 e. The number of carboxylic acids is 1. The molecule has 0 spiro atoms. The van der Waals surface area contributed by atoms with E-state index in [9.17, 15) is 18.4 Å². The average Bonchev–Trinajstić information content (AvgIpc) is 2.97. The number of hydrogen-bond donors (Lipinski definition) is 2. The minimum absolute atomic E-state index is 0.170. The molecule has 0 aromatic carbocycles. The Kier molecular flexibility index (Phi) is 4.36. The van der Waals surface area contributed by atoms with Crippen LogP contribution < -0.4 is 5.32 Å². The van der Waals surface area contributed by atoms with Gasteiger partial charge in [-0.05, 0) is 31.4 Å². The molecule has 1 fully saturated rings. The quantitative estimate of drug-likeness (QED) is 0.866. The summed E-state index contributed by atoms with van der Waals surface area (Å²) < 4.78 is 25.9. The van der Waals surface area contributed by atoms with Crippen LogP contribution in [0.2, 0.25) is 0 Å². The fraction of sp³-hybridized carbons (Fsp3) is 0.538. The number of hydrogen-bond acceptors (Lipinski definition) is 2. The maximum Gasteiger partial charge on any atom is 0.306 e. The van der Waals surface area contributed by atoms with Gasteiger partial charge in [0, 0.05) is 12.2 Å². The van der Waals surface area contributed by atoms with Crippen LogP contribution in [-0.4, -0.2) is 34.0 Å². The molecule has 1 aliphatic rings. The third kappa shape index (κ3) is 3.34. The van der Waals surface area contributed by atoms with E-state index in [-0.39, 0.29) is 11.7 Å². The Morgan fingerprint density at radius 3 is 2.80 bits per heavy atom. The predicted molar refractivity (Wildman–Crippen MR) is 66.7 cm³/mol. The van der Waals surface area contributed by atoms with Crippen LogP contribution in [0.5, 0.6) is 0 Å². The van der Waals surface area contributed by atoms with E-state index >= 15 is 0 Å². The zero-order chi connectivity index (χ0) is 14.7. The van der Waals surface area contributed by atoms with E-state index < -0.39 is 30.8 Å². The molecule has 20 heavy (non-hydrogen) atoms. The van der Waals surface area contributed by atoms with Gasteiger partial charge in [0.05, 0.1) is 12.5 Å². The molecule has 5 nitrogen and oxygen atoms in total. The minimum Gasteiger partial charge on any atom is -0.481 e. The van der Waals surface area contributed by atoms with Crippen molar-refractivity contribution < 1.29 is 23.5 Å². The molecule has 0 aliphatic heterocycles. The van der Waals surface area contributed by atoms with Gasteiger partial charge in [0.1, 0.15) is 5.69 Å². The van der Waals surface area contributed by atoms with Gasteiger partial charge >= 0.3 is 5.97 Å². The number of aromatic nitrogens is 1. The summed E-state index contributed by atoms with van der Waals surface area (Å²) in [5.41, 5.74) is 0.170. The number of halogens is 2. The van der Waals surface area contributed by atoms with Crippen molar-refractivity contribution in [3.05, 3.63) is 24.0 Å². The fourth-order valence-electron chi connectivity index (χ4n) is 2.52. The molecule has 0 bridgehead atoms. The molecule has 1 aliphatic carbocycles. The summed E-state index contributed by atoms with van der Waals surface area (Å²) in [6.45, 7) is -0.530. The maximum atomic E-state index is 12.4. The number of carbonyl (C=O) groups excluding carboxylic acids is 1. The molecule has 2 N–H and O–H groups in total. The SMILES string of the molecule is O=C(N[C@H]1CC[C@@H](C(=O)O)C1)c1cccn1CC(F)F.